The molecule has 0 saturated heterocycles. The van der Waals surface area contributed by atoms with Crippen LogP contribution >= 0.6 is 27.3 Å². The van der Waals surface area contributed by atoms with E-state index >= 15 is 0 Å². The predicted molar refractivity (Wildman–Crippen MR) is 69.0 cm³/mol. The quantitative estimate of drug-likeness (QED) is 0.908. The Morgan fingerprint density at radius 3 is 3.00 bits per heavy atom. The molecule has 2 heterocycles. The van der Waals surface area contributed by atoms with E-state index in [0.717, 1.165) is 16.8 Å². The number of nitrogens with zero attached hydrogens (tertiary/aromatic N) is 2. The minimum atomic E-state index is 0.505. The zero-order valence-corrected chi connectivity index (χ0v) is 10.9. The van der Waals surface area contributed by atoms with E-state index in [1.54, 1.807) is 23.6 Å². The van der Waals surface area contributed by atoms with Crippen molar-refractivity contribution < 1.29 is 0 Å². The summed E-state index contributed by atoms with van der Waals surface area (Å²) >= 11 is 5.13. The molecule has 0 bridgehead atoms. The van der Waals surface area contributed by atoms with Gasteiger partial charge in [0.2, 0.25) is 0 Å². The molecule has 6 heteroatoms. The first kappa shape index (κ1) is 11.5. The molecule has 0 amide bonds. The van der Waals surface area contributed by atoms with Gasteiger partial charge in [0, 0.05) is 27.5 Å². The molecule has 0 aliphatic rings. The summed E-state index contributed by atoms with van der Waals surface area (Å²) in [6.45, 7) is 1.44. The summed E-state index contributed by atoms with van der Waals surface area (Å²) in [7, 11) is 0. The summed E-state index contributed by atoms with van der Waals surface area (Å²) in [5.41, 5.74) is 5.56. The molecule has 84 valence electrons. The molecule has 0 aromatic carbocycles. The smallest absolute Gasteiger partial charge is 0.144 e. The Labute approximate surface area is 106 Å². The van der Waals surface area contributed by atoms with Crippen molar-refractivity contribution in [2.75, 3.05) is 5.73 Å². The largest absolute Gasteiger partial charge is 0.384 e. The summed E-state index contributed by atoms with van der Waals surface area (Å²) in [4.78, 5) is 9.50. The van der Waals surface area contributed by atoms with Crippen molar-refractivity contribution in [1.29, 1.82) is 0 Å². The summed E-state index contributed by atoms with van der Waals surface area (Å²) in [6.07, 6.45) is 1.67. The van der Waals surface area contributed by atoms with Crippen molar-refractivity contribution in [2.24, 2.45) is 0 Å². The van der Waals surface area contributed by atoms with Crippen LogP contribution in [0.5, 0.6) is 0 Å². The molecule has 3 N–H and O–H groups in total. The Bertz CT molecular complexity index is 471. The lowest BCUT2D eigenvalue weighted by atomic mass is 10.4. The monoisotopic (exact) mass is 298 g/mol. The summed E-state index contributed by atoms with van der Waals surface area (Å²) in [5, 5.41) is 5.33. The van der Waals surface area contributed by atoms with Crippen LogP contribution in [0.15, 0.2) is 28.2 Å². The number of rotatable bonds is 4. The Balaban J connectivity index is 1.84. The Hall–Kier alpha value is -0.980. The van der Waals surface area contributed by atoms with Gasteiger partial charge in [-0.3, -0.25) is 0 Å². The highest BCUT2D eigenvalue weighted by atomic mass is 79.9. The van der Waals surface area contributed by atoms with Crippen LogP contribution in [-0.2, 0) is 13.1 Å². The van der Waals surface area contributed by atoms with E-state index in [1.807, 2.05) is 0 Å². The van der Waals surface area contributed by atoms with Crippen molar-refractivity contribution in [3.8, 4) is 0 Å². The molecule has 0 aliphatic heterocycles. The van der Waals surface area contributed by atoms with Crippen LogP contribution in [0.2, 0.25) is 0 Å². The zero-order chi connectivity index (χ0) is 11.4. The molecule has 0 fully saturated rings. The Morgan fingerprint density at radius 2 is 2.31 bits per heavy atom. The van der Waals surface area contributed by atoms with Crippen LogP contribution in [0.4, 0.5) is 5.82 Å². The molecular formula is C10H11BrN4S. The number of anilines is 1. The number of halogens is 1. The average Bonchev–Trinajstić information content (AvgIpc) is 2.64. The van der Waals surface area contributed by atoms with Gasteiger partial charge in [-0.05, 0) is 28.1 Å². The van der Waals surface area contributed by atoms with E-state index in [2.05, 4.69) is 42.7 Å². The predicted octanol–water partition coefficient (Wildman–Crippen LogP) is 2.17. The van der Waals surface area contributed by atoms with Gasteiger partial charge >= 0.3 is 0 Å². The number of hydrogen-bond donors (Lipinski definition) is 2. The average molecular weight is 299 g/mol. The van der Waals surface area contributed by atoms with Gasteiger partial charge in [0.1, 0.15) is 11.6 Å². The number of aromatic nitrogens is 2. The Kier molecular flexibility index (Phi) is 3.87. The number of thiophene rings is 1. The number of nitrogen functional groups attached to an aromatic ring is 1. The molecular weight excluding hydrogens is 288 g/mol. The third kappa shape index (κ3) is 3.26. The minimum Gasteiger partial charge on any atom is -0.384 e. The lowest BCUT2D eigenvalue weighted by Crippen LogP contribution is -2.14. The highest BCUT2D eigenvalue weighted by Gasteiger charge is 1.99. The van der Waals surface area contributed by atoms with E-state index in [1.165, 1.54) is 4.88 Å². The van der Waals surface area contributed by atoms with Gasteiger partial charge in [0.25, 0.3) is 0 Å². The molecule has 2 aromatic heterocycles. The maximum absolute atomic E-state index is 5.56. The van der Waals surface area contributed by atoms with E-state index in [0.29, 0.717) is 12.4 Å². The summed E-state index contributed by atoms with van der Waals surface area (Å²) < 4.78 is 1.12. The van der Waals surface area contributed by atoms with Gasteiger partial charge in [-0.2, -0.15) is 0 Å². The lowest BCUT2D eigenvalue weighted by Gasteiger charge is -2.02. The first-order chi connectivity index (χ1) is 7.74. The normalized spacial score (nSPS) is 10.6. The van der Waals surface area contributed by atoms with Crippen LogP contribution in [0.3, 0.4) is 0 Å². The van der Waals surface area contributed by atoms with Crippen molar-refractivity contribution >= 4 is 33.1 Å². The van der Waals surface area contributed by atoms with Crippen LogP contribution < -0.4 is 11.1 Å². The van der Waals surface area contributed by atoms with Crippen molar-refractivity contribution in [1.82, 2.24) is 15.3 Å². The Morgan fingerprint density at radius 1 is 1.44 bits per heavy atom. The first-order valence-corrected chi connectivity index (χ1v) is 6.42. The SMILES string of the molecule is Nc1ccnc(CNCc2cc(Br)cs2)n1. The minimum absolute atomic E-state index is 0.505. The highest BCUT2D eigenvalue weighted by molar-refractivity contribution is 9.10. The van der Waals surface area contributed by atoms with Gasteiger partial charge in [-0.25, -0.2) is 9.97 Å². The fourth-order valence-electron chi connectivity index (χ4n) is 1.24. The second-order valence-corrected chi connectivity index (χ2v) is 5.14. The van der Waals surface area contributed by atoms with Crippen molar-refractivity contribution in [3.63, 3.8) is 0 Å². The second-order valence-electron chi connectivity index (χ2n) is 3.23. The molecule has 0 unspecified atom stereocenters. The molecule has 2 aromatic rings. The molecule has 4 nitrogen and oxygen atoms in total. The number of nitrogens with one attached hydrogen (secondary N) is 1. The van der Waals surface area contributed by atoms with Crippen LogP contribution in [0, 0.1) is 0 Å². The van der Waals surface area contributed by atoms with E-state index in [9.17, 15) is 0 Å². The van der Waals surface area contributed by atoms with E-state index in [-0.39, 0.29) is 0 Å². The number of nitrogens with two attached hydrogens (primary N) is 1. The molecule has 0 atom stereocenters. The summed E-state index contributed by atoms with van der Waals surface area (Å²) in [6, 6.07) is 3.78. The van der Waals surface area contributed by atoms with Crippen LogP contribution in [0.1, 0.15) is 10.7 Å². The topological polar surface area (TPSA) is 63.8 Å². The highest BCUT2D eigenvalue weighted by Crippen LogP contribution is 2.19. The molecule has 0 saturated carbocycles. The van der Waals surface area contributed by atoms with Gasteiger partial charge < -0.3 is 11.1 Å². The van der Waals surface area contributed by atoms with Gasteiger partial charge in [-0.15, -0.1) is 11.3 Å². The van der Waals surface area contributed by atoms with E-state index < -0.39 is 0 Å². The third-order valence-corrected chi connectivity index (χ3v) is 3.63. The molecule has 0 radical (unpaired) electrons. The van der Waals surface area contributed by atoms with Gasteiger partial charge in [-0.1, -0.05) is 0 Å². The van der Waals surface area contributed by atoms with Crippen LogP contribution in [-0.4, -0.2) is 9.97 Å². The van der Waals surface area contributed by atoms with Crippen molar-refractivity contribution in [2.45, 2.75) is 13.1 Å². The van der Waals surface area contributed by atoms with E-state index in [4.69, 9.17) is 5.73 Å². The third-order valence-electron chi connectivity index (χ3n) is 1.93. The van der Waals surface area contributed by atoms with Crippen LogP contribution in [0.25, 0.3) is 0 Å². The molecule has 2 rings (SSSR count). The van der Waals surface area contributed by atoms with Gasteiger partial charge in [0.05, 0.1) is 6.54 Å². The lowest BCUT2D eigenvalue weighted by molar-refractivity contribution is 0.669. The first-order valence-electron chi connectivity index (χ1n) is 4.75. The zero-order valence-electron chi connectivity index (χ0n) is 8.48. The van der Waals surface area contributed by atoms with Crippen molar-refractivity contribution in [3.05, 3.63) is 38.9 Å². The van der Waals surface area contributed by atoms with Gasteiger partial charge in [0.15, 0.2) is 0 Å². The fourth-order valence-corrected chi connectivity index (χ4v) is 2.66. The maximum Gasteiger partial charge on any atom is 0.144 e. The maximum atomic E-state index is 5.56. The summed E-state index contributed by atoms with van der Waals surface area (Å²) in [5.74, 6) is 1.22. The molecule has 0 spiro atoms. The molecule has 16 heavy (non-hydrogen) atoms. The molecule has 0 aliphatic carbocycles. The fraction of sp³-hybridized carbons (Fsp3) is 0.200. The second kappa shape index (κ2) is 5.38. The standard InChI is InChI=1S/C10H11BrN4S/c11-7-3-8(16-6-7)4-13-5-10-14-2-1-9(12)15-10/h1-3,6,13H,4-5H2,(H2,12,14,15). The number of hydrogen-bond acceptors (Lipinski definition) is 5.